The molecule has 0 saturated carbocycles. The summed E-state index contributed by atoms with van der Waals surface area (Å²) in [6.07, 6.45) is 0. The van der Waals surface area contributed by atoms with E-state index < -0.39 is 11.7 Å². The van der Waals surface area contributed by atoms with Crippen LogP contribution in [0.4, 0.5) is 15.8 Å². The van der Waals surface area contributed by atoms with Crippen molar-refractivity contribution in [3.63, 3.8) is 0 Å². The van der Waals surface area contributed by atoms with Crippen LogP contribution >= 0.6 is 11.3 Å². The predicted molar refractivity (Wildman–Crippen MR) is 111 cm³/mol. The molecule has 0 saturated heterocycles. The van der Waals surface area contributed by atoms with Gasteiger partial charge < -0.3 is 10.6 Å². The number of rotatable bonds is 5. The van der Waals surface area contributed by atoms with Crippen LogP contribution in [0.2, 0.25) is 0 Å². The average molecular weight is 422 g/mol. The summed E-state index contributed by atoms with van der Waals surface area (Å²) >= 11 is 1.34. The van der Waals surface area contributed by atoms with Gasteiger partial charge in [0.05, 0.1) is 16.3 Å². The SMILES string of the molecule is Cc1nnnn1-c1ccc(F)c(NC(=O)c2ccc(NC(=O)c3cccs3)cc2)c1. The lowest BCUT2D eigenvalue weighted by Crippen LogP contribution is -2.14. The van der Waals surface area contributed by atoms with Crippen LogP contribution < -0.4 is 10.6 Å². The van der Waals surface area contributed by atoms with Crippen LogP contribution in [-0.2, 0) is 0 Å². The lowest BCUT2D eigenvalue weighted by Gasteiger charge is -2.10. The number of halogens is 1. The second-order valence-corrected chi connectivity index (χ2v) is 7.21. The van der Waals surface area contributed by atoms with Crippen molar-refractivity contribution in [1.82, 2.24) is 20.2 Å². The number of carbonyl (C=O) groups is 2. The molecule has 0 radical (unpaired) electrons. The number of tetrazole rings is 1. The highest BCUT2D eigenvalue weighted by Crippen LogP contribution is 2.21. The number of nitrogens with one attached hydrogen (secondary N) is 2. The van der Waals surface area contributed by atoms with E-state index >= 15 is 0 Å². The molecule has 0 unspecified atom stereocenters. The lowest BCUT2D eigenvalue weighted by atomic mass is 10.1. The van der Waals surface area contributed by atoms with Gasteiger partial charge in [-0.25, -0.2) is 4.39 Å². The molecule has 0 spiro atoms. The molecule has 2 amide bonds. The quantitative estimate of drug-likeness (QED) is 0.511. The molecule has 0 fully saturated rings. The molecule has 0 bridgehead atoms. The van der Waals surface area contributed by atoms with E-state index in [1.165, 1.54) is 34.2 Å². The number of nitrogens with zero attached hydrogens (tertiary/aromatic N) is 4. The molecule has 2 aromatic heterocycles. The molecule has 150 valence electrons. The summed E-state index contributed by atoms with van der Waals surface area (Å²) < 4.78 is 15.6. The first kappa shape index (κ1) is 19.4. The Balaban J connectivity index is 1.47. The van der Waals surface area contributed by atoms with Crippen LogP contribution in [0.5, 0.6) is 0 Å². The van der Waals surface area contributed by atoms with Crippen molar-refractivity contribution in [3.05, 3.63) is 82.1 Å². The zero-order chi connectivity index (χ0) is 21.1. The monoisotopic (exact) mass is 422 g/mol. The molecule has 8 nitrogen and oxygen atoms in total. The van der Waals surface area contributed by atoms with Crippen molar-refractivity contribution >= 4 is 34.5 Å². The van der Waals surface area contributed by atoms with Crippen molar-refractivity contribution in [1.29, 1.82) is 0 Å². The Hall–Kier alpha value is -3.92. The number of benzene rings is 2. The Morgan fingerprint density at radius 3 is 2.50 bits per heavy atom. The van der Waals surface area contributed by atoms with Crippen molar-refractivity contribution in [2.75, 3.05) is 10.6 Å². The maximum Gasteiger partial charge on any atom is 0.265 e. The standard InChI is InChI=1S/C20H15FN6O2S/c1-12-24-25-26-27(12)15-8-9-16(21)17(11-15)23-19(28)13-4-6-14(7-5-13)22-20(29)18-3-2-10-30-18/h2-11H,1H3,(H,22,29)(H,23,28). The molecular weight excluding hydrogens is 407 g/mol. The number of hydrogen-bond donors (Lipinski definition) is 2. The van der Waals surface area contributed by atoms with Crippen molar-refractivity contribution < 1.29 is 14.0 Å². The molecule has 4 aromatic rings. The minimum atomic E-state index is -0.586. The van der Waals surface area contributed by atoms with Gasteiger partial charge in [0.15, 0.2) is 5.82 Å². The van der Waals surface area contributed by atoms with Gasteiger partial charge >= 0.3 is 0 Å². The minimum Gasteiger partial charge on any atom is -0.321 e. The number of aryl methyl sites for hydroxylation is 1. The molecule has 10 heteroatoms. The van der Waals surface area contributed by atoms with Gasteiger partial charge in [-0.15, -0.1) is 16.4 Å². The van der Waals surface area contributed by atoms with E-state index in [2.05, 4.69) is 26.2 Å². The number of hydrogen-bond acceptors (Lipinski definition) is 6. The third kappa shape index (κ3) is 4.08. The van der Waals surface area contributed by atoms with Crippen molar-refractivity contribution in [3.8, 4) is 5.69 Å². The summed E-state index contributed by atoms with van der Waals surface area (Å²) in [5.41, 5.74) is 1.38. The van der Waals surface area contributed by atoms with Crippen LogP contribution in [0.25, 0.3) is 5.69 Å². The number of anilines is 2. The number of aromatic nitrogens is 4. The number of thiophene rings is 1. The third-order valence-corrected chi connectivity index (χ3v) is 5.09. The Morgan fingerprint density at radius 1 is 1.03 bits per heavy atom. The first-order valence-electron chi connectivity index (χ1n) is 8.82. The zero-order valence-corrected chi connectivity index (χ0v) is 16.5. The van der Waals surface area contributed by atoms with E-state index in [9.17, 15) is 14.0 Å². The summed E-state index contributed by atoms with van der Waals surface area (Å²) in [4.78, 5) is 25.2. The van der Waals surface area contributed by atoms with Gasteiger partial charge in [-0.2, -0.15) is 4.68 Å². The first-order valence-corrected chi connectivity index (χ1v) is 9.70. The second-order valence-electron chi connectivity index (χ2n) is 6.26. The second kappa shape index (κ2) is 8.21. The van der Waals surface area contributed by atoms with Crippen molar-refractivity contribution in [2.45, 2.75) is 6.92 Å². The van der Waals surface area contributed by atoms with Gasteiger partial charge in [-0.1, -0.05) is 6.07 Å². The average Bonchev–Trinajstić information content (AvgIpc) is 3.42. The van der Waals surface area contributed by atoms with E-state index in [-0.39, 0.29) is 11.6 Å². The molecule has 0 aliphatic rings. The fraction of sp³-hybridized carbons (Fsp3) is 0.0500. The lowest BCUT2D eigenvalue weighted by molar-refractivity contribution is 0.102. The highest BCUT2D eigenvalue weighted by Gasteiger charge is 2.13. The summed E-state index contributed by atoms with van der Waals surface area (Å²) in [5, 5.41) is 18.3. The van der Waals surface area contributed by atoms with Gasteiger partial charge in [0, 0.05) is 11.3 Å². The molecule has 0 aliphatic carbocycles. The van der Waals surface area contributed by atoms with Gasteiger partial charge in [-0.05, 0) is 71.3 Å². The maximum atomic E-state index is 14.2. The Labute approximate surface area is 174 Å². The largest absolute Gasteiger partial charge is 0.321 e. The van der Waals surface area contributed by atoms with E-state index in [4.69, 9.17) is 0 Å². The topological polar surface area (TPSA) is 102 Å². The summed E-state index contributed by atoms with van der Waals surface area (Å²) in [6, 6.07) is 14.0. The molecule has 2 N–H and O–H groups in total. The molecule has 2 heterocycles. The molecule has 30 heavy (non-hydrogen) atoms. The predicted octanol–water partition coefficient (Wildman–Crippen LogP) is 3.68. The number of carbonyl (C=O) groups excluding carboxylic acids is 2. The molecular formula is C20H15FN6O2S. The van der Waals surface area contributed by atoms with Crippen LogP contribution in [0.15, 0.2) is 60.0 Å². The molecule has 0 aliphatic heterocycles. The van der Waals surface area contributed by atoms with E-state index in [1.807, 2.05) is 5.38 Å². The first-order chi connectivity index (χ1) is 14.5. The third-order valence-electron chi connectivity index (χ3n) is 4.22. The fourth-order valence-electron chi connectivity index (χ4n) is 2.71. The molecule has 0 atom stereocenters. The maximum absolute atomic E-state index is 14.2. The minimum absolute atomic E-state index is 0.00229. The van der Waals surface area contributed by atoms with Crippen LogP contribution in [0.3, 0.4) is 0 Å². The fourth-order valence-corrected chi connectivity index (χ4v) is 3.33. The van der Waals surface area contributed by atoms with Crippen LogP contribution in [-0.4, -0.2) is 32.0 Å². The van der Waals surface area contributed by atoms with Gasteiger partial charge in [-0.3, -0.25) is 9.59 Å². The highest BCUT2D eigenvalue weighted by molar-refractivity contribution is 7.12. The zero-order valence-electron chi connectivity index (χ0n) is 15.7. The molecule has 2 aromatic carbocycles. The van der Waals surface area contributed by atoms with Crippen LogP contribution in [0, 0.1) is 12.7 Å². The normalized spacial score (nSPS) is 10.6. The van der Waals surface area contributed by atoms with E-state index in [0.717, 1.165) is 0 Å². The Morgan fingerprint density at radius 2 is 1.83 bits per heavy atom. The Kier molecular flexibility index (Phi) is 5.31. The Bertz CT molecular complexity index is 1200. The highest BCUT2D eigenvalue weighted by atomic mass is 32.1. The smallest absolute Gasteiger partial charge is 0.265 e. The van der Waals surface area contributed by atoms with Gasteiger partial charge in [0.1, 0.15) is 5.82 Å². The summed E-state index contributed by atoms with van der Waals surface area (Å²) in [5.74, 6) is -0.772. The number of amides is 2. The van der Waals surface area contributed by atoms with Gasteiger partial charge in [0.2, 0.25) is 0 Å². The van der Waals surface area contributed by atoms with E-state index in [1.54, 1.807) is 43.3 Å². The summed E-state index contributed by atoms with van der Waals surface area (Å²) in [6.45, 7) is 1.71. The van der Waals surface area contributed by atoms with E-state index in [0.29, 0.717) is 27.6 Å². The molecule has 4 rings (SSSR count). The van der Waals surface area contributed by atoms with Crippen molar-refractivity contribution in [2.24, 2.45) is 0 Å². The summed E-state index contributed by atoms with van der Waals surface area (Å²) in [7, 11) is 0. The van der Waals surface area contributed by atoms with Crippen LogP contribution in [0.1, 0.15) is 25.9 Å². The van der Waals surface area contributed by atoms with Gasteiger partial charge in [0.25, 0.3) is 11.8 Å².